The van der Waals surface area contributed by atoms with Crippen molar-refractivity contribution in [1.82, 2.24) is 9.80 Å². The molecule has 5 heteroatoms. The molecule has 0 N–H and O–H groups in total. The third kappa shape index (κ3) is 5.17. The molecule has 2 atom stereocenters. The highest BCUT2D eigenvalue weighted by Crippen LogP contribution is 2.31. The van der Waals surface area contributed by atoms with E-state index in [2.05, 4.69) is 41.8 Å². The fraction of sp³-hybridized carbons (Fsp3) is 0.720. The fourth-order valence-corrected chi connectivity index (χ4v) is 5.31. The Morgan fingerprint density at radius 2 is 1.77 bits per heavy atom. The van der Waals surface area contributed by atoms with Crippen molar-refractivity contribution in [2.45, 2.75) is 83.8 Å². The molecule has 3 aliphatic rings. The molecule has 0 saturated carbocycles. The Morgan fingerprint density at radius 1 is 0.967 bits per heavy atom. The van der Waals surface area contributed by atoms with Gasteiger partial charge in [-0.3, -0.25) is 9.69 Å². The van der Waals surface area contributed by atoms with Crippen LogP contribution in [-0.4, -0.2) is 60.6 Å². The van der Waals surface area contributed by atoms with E-state index in [1.54, 1.807) is 0 Å². The van der Waals surface area contributed by atoms with E-state index in [-0.39, 0.29) is 5.91 Å². The van der Waals surface area contributed by atoms with E-state index in [4.69, 9.17) is 4.74 Å². The molecule has 1 amide bonds. The lowest BCUT2D eigenvalue weighted by Crippen LogP contribution is -2.37. The van der Waals surface area contributed by atoms with Gasteiger partial charge in [-0.05, 0) is 83.7 Å². The molecule has 0 aromatic heterocycles. The maximum Gasteiger partial charge on any atom is 0.227 e. The number of benzene rings is 1. The van der Waals surface area contributed by atoms with Gasteiger partial charge in [0, 0.05) is 49.4 Å². The van der Waals surface area contributed by atoms with E-state index in [9.17, 15) is 4.79 Å². The van der Waals surface area contributed by atoms with Crippen molar-refractivity contribution in [2.75, 3.05) is 37.7 Å². The van der Waals surface area contributed by atoms with Crippen LogP contribution in [0, 0.1) is 0 Å². The number of hydrogen-bond acceptors (Lipinski definition) is 4. The van der Waals surface area contributed by atoms with Crippen LogP contribution in [0.25, 0.3) is 0 Å². The maximum atomic E-state index is 12.3. The second-order valence-corrected chi connectivity index (χ2v) is 9.49. The molecule has 3 fully saturated rings. The average molecular weight is 414 g/mol. The molecule has 5 nitrogen and oxygen atoms in total. The zero-order valence-electron chi connectivity index (χ0n) is 18.9. The molecule has 4 rings (SSSR count). The second-order valence-electron chi connectivity index (χ2n) is 9.49. The molecule has 3 saturated heterocycles. The molecule has 1 aromatic rings. The van der Waals surface area contributed by atoms with E-state index < -0.39 is 0 Å². The maximum absolute atomic E-state index is 12.3. The number of rotatable bonds is 8. The Morgan fingerprint density at radius 3 is 2.50 bits per heavy atom. The van der Waals surface area contributed by atoms with E-state index in [0.717, 1.165) is 63.1 Å². The van der Waals surface area contributed by atoms with Crippen molar-refractivity contribution in [3.05, 3.63) is 23.8 Å². The minimum atomic E-state index is 0.251. The first-order chi connectivity index (χ1) is 14.6. The summed E-state index contributed by atoms with van der Waals surface area (Å²) in [5, 5.41) is 0. The monoisotopic (exact) mass is 413 g/mol. The third-order valence-corrected chi connectivity index (χ3v) is 7.28. The Labute approximate surface area is 182 Å². The Balaban J connectivity index is 1.43. The molecular formula is C25H39N3O2. The highest BCUT2D eigenvalue weighted by molar-refractivity contribution is 5.95. The normalized spacial score (nSPS) is 25.9. The number of hydrogen-bond donors (Lipinski definition) is 0. The van der Waals surface area contributed by atoms with Gasteiger partial charge in [-0.2, -0.15) is 0 Å². The summed E-state index contributed by atoms with van der Waals surface area (Å²) in [6, 6.07) is 7.72. The predicted octanol–water partition coefficient (Wildman–Crippen LogP) is 4.44. The van der Waals surface area contributed by atoms with Crippen molar-refractivity contribution < 1.29 is 9.53 Å². The first-order valence-corrected chi connectivity index (χ1v) is 12.2. The van der Waals surface area contributed by atoms with Gasteiger partial charge in [-0.25, -0.2) is 0 Å². The van der Waals surface area contributed by atoms with Crippen LogP contribution in [-0.2, 0) is 11.3 Å². The number of ether oxygens (including phenoxy) is 1. The number of likely N-dealkylation sites (tertiary alicyclic amines) is 2. The van der Waals surface area contributed by atoms with Crippen LogP contribution in [0.2, 0.25) is 0 Å². The summed E-state index contributed by atoms with van der Waals surface area (Å²) in [4.78, 5) is 19.4. The SMILES string of the molecule is CC1CCCN1CCCOc1ccc(N2CCCC2=O)cc1CN1CCCCC1C. The highest BCUT2D eigenvalue weighted by Gasteiger charge is 2.25. The van der Waals surface area contributed by atoms with Gasteiger partial charge in [-0.1, -0.05) is 6.42 Å². The average Bonchev–Trinajstić information content (AvgIpc) is 3.36. The van der Waals surface area contributed by atoms with Crippen molar-refractivity contribution in [3.8, 4) is 5.75 Å². The zero-order chi connectivity index (χ0) is 20.9. The smallest absolute Gasteiger partial charge is 0.227 e. The first kappa shape index (κ1) is 21.6. The van der Waals surface area contributed by atoms with Gasteiger partial charge in [0.25, 0.3) is 0 Å². The highest BCUT2D eigenvalue weighted by atomic mass is 16.5. The molecule has 3 aliphatic heterocycles. The third-order valence-electron chi connectivity index (χ3n) is 7.28. The summed E-state index contributed by atoms with van der Waals surface area (Å²) < 4.78 is 6.30. The summed E-state index contributed by atoms with van der Waals surface area (Å²) >= 11 is 0. The molecule has 0 spiro atoms. The molecule has 0 radical (unpaired) electrons. The number of anilines is 1. The first-order valence-electron chi connectivity index (χ1n) is 12.2. The van der Waals surface area contributed by atoms with Crippen LogP contribution < -0.4 is 9.64 Å². The lowest BCUT2D eigenvalue weighted by atomic mass is 10.0. The number of nitrogens with zero attached hydrogens (tertiary/aromatic N) is 3. The lowest BCUT2D eigenvalue weighted by Gasteiger charge is -2.34. The fourth-order valence-electron chi connectivity index (χ4n) is 5.31. The topological polar surface area (TPSA) is 36.0 Å². The minimum Gasteiger partial charge on any atom is -0.493 e. The van der Waals surface area contributed by atoms with Crippen LogP contribution in [0.15, 0.2) is 18.2 Å². The van der Waals surface area contributed by atoms with Crippen molar-refractivity contribution in [3.63, 3.8) is 0 Å². The van der Waals surface area contributed by atoms with Crippen LogP contribution in [0.3, 0.4) is 0 Å². The summed E-state index contributed by atoms with van der Waals surface area (Å²) in [6.07, 6.45) is 9.24. The Kier molecular flexibility index (Phi) is 7.32. The predicted molar refractivity (Wildman–Crippen MR) is 122 cm³/mol. The van der Waals surface area contributed by atoms with Crippen LogP contribution in [0.5, 0.6) is 5.75 Å². The molecular weight excluding hydrogens is 374 g/mol. The summed E-state index contributed by atoms with van der Waals surface area (Å²) in [7, 11) is 0. The van der Waals surface area contributed by atoms with Crippen LogP contribution >= 0.6 is 0 Å². The lowest BCUT2D eigenvalue weighted by molar-refractivity contribution is -0.117. The summed E-state index contributed by atoms with van der Waals surface area (Å²) in [6.45, 7) is 10.7. The van der Waals surface area contributed by atoms with Gasteiger partial charge < -0.3 is 14.5 Å². The zero-order valence-corrected chi connectivity index (χ0v) is 18.9. The summed E-state index contributed by atoms with van der Waals surface area (Å²) in [5.41, 5.74) is 2.27. The van der Waals surface area contributed by atoms with Gasteiger partial charge in [0.05, 0.1) is 6.61 Å². The minimum absolute atomic E-state index is 0.251. The number of amides is 1. The van der Waals surface area contributed by atoms with E-state index in [1.165, 1.54) is 44.2 Å². The Hall–Kier alpha value is -1.59. The van der Waals surface area contributed by atoms with Gasteiger partial charge >= 0.3 is 0 Å². The molecule has 0 bridgehead atoms. The van der Waals surface area contributed by atoms with Crippen LogP contribution in [0.4, 0.5) is 5.69 Å². The molecule has 0 aliphatic carbocycles. The van der Waals surface area contributed by atoms with Gasteiger partial charge in [0.1, 0.15) is 5.75 Å². The number of carbonyl (C=O) groups is 1. The quantitative estimate of drug-likeness (QED) is 0.590. The second kappa shape index (κ2) is 10.1. The van der Waals surface area contributed by atoms with E-state index >= 15 is 0 Å². The largest absolute Gasteiger partial charge is 0.493 e. The van der Waals surface area contributed by atoms with E-state index in [0.29, 0.717) is 12.5 Å². The standard InChI is InChI=1S/C25H39N3O2/c1-20-9-5-14-26(20)15-7-17-30-24-12-11-23(28-16-6-10-25(28)29)18-22(24)19-27-13-4-3-8-21(27)2/h11-12,18,20-21H,3-10,13-17,19H2,1-2H3. The molecule has 166 valence electrons. The van der Waals surface area contributed by atoms with E-state index in [1.807, 2.05) is 4.90 Å². The van der Waals surface area contributed by atoms with Crippen molar-refractivity contribution in [1.29, 1.82) is 0 Å². The summed E-state index contributed by atoms with van der Waals surface area (Å²) in [5.74, 6) is 1.25. The number of carbonyl (C=O) groups excluding carboxylic acids is 1. The molecule has 2 unspecified atom stereocenters. The van der Waals surface area contributed by atoms with Gasteiger partial charge in [0.2, 0.25) is 5.91 Å². The molecule has 30 heavy (non-hydrogen) atoms. The van der Waals surface area contributed by atoms with Crippen molar-refractivity contribution >= 4 is 11.6 Å². The van der Waals surface area contributed by atoms with Crippen LogP contribution in [0.1, 0.15) is 70.8 Å². The van der Waals surface area contributed by atoms with Gasteiger partial charge in [0.15, 0.2) is 0 Å². The molecule has 1 aromatic carbocycles. The molecule has 3 heterocycles. The number of piperidine rings is 1. The van der Waals surface area contributed by atoms with Crippen molar-refractivity contribution in [2.24, 2.45) is 0 Å². The Bertz CT molecular complexity index is 722. The van der Waals surface area contributed by atoms with Gasteiger partial charge in [-0.15, -0.1) is 0 Å².